The van der Waals surface area contributed by atoms with Gasteiger partial charge in [0.25, 0.3) is 0 Å². The predicted octanol–water partition coefficient (Wildman–Crippen LogP) is 4.66. The van der Waals surface area contributed by atoms with E-state index in [9.17, 15) is 13.2 Å². The van der Waals surface area contributed by atoms with E-state index in [-0.39, 0.29) is 12.2 Å². The molecule has 1 aliphatic carbocycles. The van der Waals surface area contributed by atoms with Crippen LogP contribution in [0.4, 0.5) is 5.69 Å². The number of nitrogens with one attached hydrogen (secondary N) is 3. The third-order valence-electron chi connectivity index (χ3n) is 6.18. The van der Waals surface area contributed by atoms with Gasteiger partial charge in [-0.15, -0.1) is 0 Å². The van der Waals surface area contributed by atoms with Gasteiger partial charge in [0.15, 0.2) is 0 Å². The highest BCUT2D eigenvalue weighted by Gasteiger charge is 2.51. The molecule has 3 N–H and O–H groups in total. The Morgan fingerprint density at radius 3 is 2.47 bits per heavy atom. The molecule has 1 heterocycles. The number of aromatic nitrogens is 1. The average Bonchev–Trinajstić information content (AvgIpc) is 3.50. The maximum Gasteiger partial charge on any atom is 0.240 e. The van der Waals surface area contributed by atoms with Gasteiger partial charge in [0.2, 0.25) is 15.9 Å². The van der Waals surface area contributed by atoms with Gasteiger partial charge < -0.3 is 10.3 Å². The lowest BCUT2D eigenvalue weighted by Crippen LogP contribution is -2.27. The van der Waals surface area contributed by atoms with E-state index in [1.807, 2.05) is 48.7 Å². The zero-order chi connectivity index (χ0) is 22.3. The summed E-state index contributed by atoms with van der Waals surface area (Å²) >= 11 is 0. The lowest BCUT2D eigenvalue weighted by molar-refractivity contribution is -0.118. The van der Waals surface area contributed by atoms with Gasteiger partial charge in [0.05, 0.1) is 10.3 Å². The first-order valence-corrected chi connectivity index (χ1v) is 11.9. The van der Waals surface area contributed by atoms with Gasteiger partial charge in [-0.1, -0.05) is 30.3 Å². The highest BCUT2D eigenvalue weighted by atomic mass is 32.2. The number of benzene rings is 3. The molecule has 1 aliphatic rings. The normalized spacial score (nSPS) is 14.9. The molecule has 0 radical (unpaired) electrons. The van der Waals surface area contributed by atoms with Crippen LogP contribution >= 0.6 is 0 Å². The molecule has 6 nitrogen and oxygen atoms in total. The first-order valence-electron chi connectivity index (χ1n) is 10.4. The van der Waals surface area contributed by atoms with Crippen molar-refractivity contribution in [3.63, 3.8) is 0 Å². The number of H-pyrrole nitrogens is 1. The lowest BCUT2D eigenvalue weighted by Gasteiger charge is -2.17. The van der Waals surface area contributed by atoms with Crippen LogP contribution < -0.4 is 10.0 Å². The summed E-state index contributed by atoms with van der Waals surface area (Å²) in [5.41, 5.74) is 4.11. The third kappa shape index (κ3) is 3.59. The van der Waals surface area contributed by atoms with Gasteiger partial charge in [-0.05, 0) is 84.4 Å². The van der Waals surface area contributed by atoms with Crippen molar-refractivity contribution in [1.29, 1.82) is 0 Å². The van der Waals surface area contributed by atoms with Crippen LogP contribution in [0.5, 0.6) is 0 Å². The predicted molar refractivity (Wildman–Crippen MR) is 128 cm³/mol. The van der Waals surface area contributed by atoms with Crippen LogP contribution in [0.1, 0.15) is 19.8 Å². The Bertz CT molecular complexity index is 1420. The highest BCUT2D eigenvalue weighted by Crippen LogP contribution is 2.49. The van der Waals surface area contributed by atoms with Crippen molar-refractivity contribution in [1.82, 2.24) is 9.71 Å². The van der Waals surface area contributed by atoms with E-state index in [2.05, 4.69) is 21.1 Å². The van der Waals surface area contributed by atoms with Crippen molar-refractivity contribution < 1.29 is 14.6 Å². The molecule has 4 aromatic rings. The molecule has 7 heteroatoms. The first kappa shape index (κ1) is 20.5. The molecule has 1 fully saturated rings. The molecule has 0 unspecified atom stereocenters. The zero-order valence-corrected chi connectivity index (χ0v) is 18.4. The number of carbonyl (C=O) groups is 1. The molecule has 5 rings (SSSR count). The van der Waals surface area contributed by atoms with Gasteiger partial charge in [-0.2, -0.15) is 0 Å². The van der Waals surface area contributed by atoms with E-state index in [0.717, 1.165) is 40.4 Å². The molecule has 164 valence electrons. The van der Waals surface area contributed by atoms with E-state index < -0.39 is 15.4 Å². The summed E-state index contributed by atoms with van der Waals surface area (Å²) in [5.74, 6) is -0.00000258. The topological polar surface area (TPSA) is 91.1 Å². The molecule has 0 aliphatic heterocycles. The van der Waals surface area contributed by atoms with E-state index >= 15 is 0 Å². The molecule has 0 saturated heterocycles. The number of sulfonamides is 1. The Labute approximate surface area is 188 Å². The molecule has 1 aromatic heterocycles. The maximum atomic E-state index is 13.2. The number of anilines is 1. The first-order chi connectivity index (χ1) is 15.4. The second kappa shape index (κ2) is 7.62. The quantitative estimate of drug-likeness (QED) is 0.401. The minimum Gasteiger partial charge on any atom is -0.361 e. The van der Waals surface area contributed by atoms with Crippen molar-refractivity contribution in [2.45, 2.75) is 23.2 Å². The molecule has 32 heavy (non-hydrogen) atoms. The van der Waals surface area contributed by atoms with Crippen LogP contribution in [0, 0.1) is 0 Å². The summed E-state index contributed by atoms with van der Waals surface area (Å²) in [6, 6.07) is 22.4. The maximum absolute atomic E-state index is 13.2. The van der Waals surface area contributed by atoms with E-state index in [0.29, 0.717) is 5.69 Å². The van der Waals surface area contributed by atoms with Gasteiger partial charge in [0, 0.05) is 18.8 Å². The van der Waals surface area contributed by atoms with Crippen molar-refractivity contribution in [3.05, 3.63) is 84.6 Å². The minimum absolute atomic E-state index is 0. The van der Waals surface area contributed by atoms with Crippen molar-refractivity contribution in [3.8, 4) is 11.1 Å². The Kier molecular flexibility index (Phi) is 4.87. The van der Waals surface area contributed by atoms with E-state index in [1.54, 1.807) is 24.3 Å². The summed E-state index contributed by atoms with van der Waals surface area (Å²) < 4.78 is 26.2. The molecule has 1 saturated carbocycles. The Balaban J connectivity index is 0.00000259. The standard InChI is InChI=1S/C25H23N3O3S.H2/c1-26-32(30,31)22-8-5-17(6-9-22)18-3-2-4-21(16-18)28-24(29)25(12-13-25)20-7-10-23-19(15-20)11-14-27-23;/h2-11,14-16,26-27H,12-13H2,1H3,(H,28,29);1H. The van der Waals surface area contributed by atoms with Crippen LogP contribution in [-0.2, 0) is 20.2 Å². The summed E-state index contributed by atoms with van der Waals surface area (Å²) in [4.78, 5) is 16.6. The van der Waals surface area contributed by atoms with Crippen LogP contribution in [0.15, 0.2) is 83.9 Å². The number of amides is 1. The number of fused-ring (bicyclic) bond motifs is 1. The molecular formula is C25H25N3O3S. The second-order valence-corrected chi connectivity index (χ2v) is 10.0. The zero-order valence-electron chi connectivity index (χ0n) is 17.6. The van der Waals surface area contributed by atoms with Crippen LogP contribution in [0.3, 0.4) is 0 Å². The molecule has 0 atom stereocenters. The van der Waals surface area contributed by atoms with E-state index in [4.69, 9.17) is 0 Å². The van der Waals surface area contributed by atoms with Crippen LogP contribution in [-0.4, -0.2) is 26.4 Å². The summed E-state index contributed by atoms with van der Waals surface area (Å²) in [5, 5.41) is 4.19. The van der Waals surface area contributed by atoms with Gasteiger partial charge in [0.1, 0.15) is 0 Å². The fourth-order valence-electron chi connectivity index (χ4n) is 4.09. The van der Waals surface area contributed by atoms with Gasteiger partial charge in [-0.3, -0.25) is 4.79 Å². The van der Waals surface area contributed by atoms with Crippen molar-refractivity contribution in [2.24, 2.45) is 0 Å². The van der Waals surface area contributed by atoms with Crippen molar-refractivity contribution >= 4 is 32.5 Å². The summed E-state index contributed by atoms with van der Waals surface area (Å²) in [6.45, 7) is 0. The fourth-order valence-corrected chi connectivity index (χ4v) is 4.82. The largest absolute Gasteiger partial charge is 0.361 e. The van der Waals surface area contributed by atoms with Crippen LogP contribution in [0.2, 0.25) is 0 Å². The lowest BCUT2D eigenvalue weighted by atomic mass is 9.93. The van der Waals surface area contributed by atoms with Gasteiger partial charge >= 0.3 is 0 Å². The Morgan fingerprint density at radius 1 is 0.969 bits per heavy atom. The molecule has 3 aromatic carbocycles. The van der Waals surface area contributed by atoms with E-state index in [1.165, 1.54) is 7.05 Å². The summed E-state index contributed by atoms with van der Waals surface area (Å²) in [6.07, 6.45) is 3.56. The van der Waals surface area contributed by atoms with Crippen LogP contribution in [0.25, 0.3) is 22.0 Å². The average molecular weight is 448 g/mol. The highest BCUT2D eigenvalue weighted by molar-refractivity contribution is 7.89. The molecule has 1 amide bonds. The van der Waals surface area contributed by atoms with Crippen molar-refractivity contribution in [2.75, 3.05) is 12.4 Å². The number of carbonyl (C=O) groups excluding carboxylic acids is 1. The number of rotatable bonds is 6. The number of hydrogen-bond donors (Lipinski definition) is 3. The Hall–Kier alpha value is -3.42. The number of hydrogen-bond acceptors (Lipinski definition) is 3. The minimum atomic E-state index is -3.48. The monoisotopic (exact) mass is 447 g/mol. The SMILES string of the molecule is CNS(=O)(=O)c1ccc(-c2cccc(NC(=O)C3(c4ccc5[nH]ccc5c4)CC3)c2)cc1.[HH]. The Morgan fingerprint density at radius 2 is 1.75 bits per heavy atom. The molecule has 0 bridgehead atoms. The molecule has 0 spiro atoms. The molecular weight excluding hydrogens is 422 g/mol. The van der Waals surface area contributed by atoms with Gasteiger partial charge in [-0.25, -0.2) is 13.1 Å². The third-order valence-corrected chi connectivity index (χ3v) is 7.61. The fraction of sp³-hybridized carbons (Fsp3) is 0.160. The summed E-state index contributed by atoms with van der Waals surface area (Å²) in [7, 11) is -2.09. The smallest absolute Gasteiger partial charge is 0.240 e. The second-order valence-electron chi connectivity index (χ2n) is 8.13. The number of aromatic amines is 1.